The molecule has 0 saturated carbocycles. The average molecular weight is 362 g/mol. The number of hydrogen-bond donors (Lipinski definition) is 3. The molecule has 0 aromatic heterocycles. The van der Waals surface area contributed by atoms with E-state index in [0.29, 0.717) is 11.5 Å². The monoisotopic (exact) mass is 362 g/mol. The van der Waals surface area contributed by atoms with Gasteiger partial charge in [-0.05, 0) is 36.4 Å². The van der Waals surface area contributed by atoms with Crippen LogP contribution in [-0.4, -0.2) is 47.6 Å². The predicted octanol–water partition coefficient (Wildman–Crippen LogP) is 1.51. The second kappa shape index (κ2) is 7.75. The average Bonchev–Trinajstić information content (AvgIpc) is 2.65. The Morgan fingerprint density at radius 2 is 1.27 bits per heavy atom. The lowest BCUT2D eigenvalue weighted by Crippen LogP contribution is -2.54. The van der Waals surface area contributed by atoms with Crippen molar-refractivity contribution in [2.45, 2.75) is 11.7 Å². The van der Waals surface area contributed by atoms with E-state index in [0.717, 1.165) is 0 Å². The van der Waals surface area contributed by atoms with Crippen LogP contribution >= 0.6 is 0 Å². The molecule has 0 amide bonds. The molecule has 0 heterocycles. The van der Waals surface area contributed by atoms with Crippen LogP contribution in [0, 0.1) is 0 Å². The molecule has 8 nitrogen and oxygen atoms in total. The quantitative estimate of drug-likeness (QED) is 0.646. The highest BCUT2D eigenvalue weighted by Gasteiger charge is 2.53. The van der Waals surface area contributed by atoms with E-state index in [4.69, 9.17) is 14.2 Å². The standard InChI is InChI=1S/C18H18O8/c1-24-12-5-3-11(4-6-12)18(17(22)23,15(19)16(20)21)26-14-9-7-13(25-2)8-10-14/h3-10,15,19H,1-2H3,(H,20,21)(H,22,23). The van der Waals surface area contributed by atoms with Crippen molar-refractivity contribution in [3.8, 4) is 17.2 Å². The van der Waals surface area contributed by atoms with Crippen molar-refractivity contribution in [3.63, 3.8) is 0 Å². The molecule has 0 radical (unpaired) electrons. The van der Waals surface area contributed by atoms with E-state index in [2.05, 4.69) is 0 Å². The minimum absolute atomic E-state index is 0.0457. The van der Waals surface area contributed by atoms with Crippen molar-refractivity contribution in [1.29, 1.82) is 0 Å². The Morgan fingerprint density at radius 1 is 0.846 bits per heavy atom. The summed E-state index contributed by atoms with van der Waals surface area (Å²) in [6.07, 6.45) is -2.37. The molecule has 2 unspecified atom stereocenters. The maximum atomic E-state index is 12.0. The fourth-order valence-corrected chi connectivity index (χ4v) is 2.40. The van der Waals surface area contributed by atoms with Gasteiger partial charge in [0.1, 0.15) is 17.2 Å². The van der Waals surface area contributed by atoms with Crippen LogP contribution in [0.2, 0.25) is 0 Å². The summed E-state index contributed by atoms with van der Waals surface area (Å²) < 4.78 is 15.5. The maximum absolute atomic E-state index is 12.0. The number of rotatable bonds is 8. The van der Waals surface area contributed by atoms with E-state index < -0.39 is 23.6 Å². The van der Waals surface area contributed by atoms with Gasteiger partial charge in [0, 0.05) is 5.56 Å². The molecule has 2 rings (SSSR count). The molecular formula is C18H18O8. The molecule has 0 fully saturated rings. The van der Waals surface area contributed by atoms with Crippen LogP contribution in [0.5, 0.6) is 17.2 Å². The highest BCUT2D eigenvalue weighted by atomic mass is 16.5. The lowest BCUT2D eigenvalue weighted by Gasteiger charge is -2.33. The van der Waals surface area contributed by atoms with Crippen LogP contribution in [-0.2, 0) is 15.2 Å². The van der Waals surface area contributed by atoms with E-state index in [1.54, 1.807) is 0 Å². The third kappa shape index (κ3) is 3.55. The van der Waals surface area contributed by atoms with Gasteiger partial charge in [-0.15, -0.1) is 0 Å². The summed E-state index contributed by atoms with van der Waals surface area (Å²) in [7, 11) is 2.89. The van der Waals surface area contributed by atoms with Gasteiger partial charge in [0.15, 0.2) is 0 Å². The molecule has 0 aliphatic heterocycles. The van der Waals surface area contributed by atoms with Crippen molar-refractivity contribution in [2.24, 2.45) is 0 Å². The first-order valence-electron chi connectivity index (χ1n) is 7.47. The summed E-state index contributed by atoms with van der Waals surface area (Å²) in [5.74, 6) is -2.42. The SMILES string of the molecule is COc1ccc(OC(C(=O)O)(c2ccc(OC)cc2)C(O)C(=O)O)cc1. The first-order chi connectivity index (χ1) is 12.3. The Labute approximate surface area is 149 Å². The Bertz CT molecular complexity index is 769. The fraction of sp³-hybridized carbons (Fsp3) is 0.222. The van der Waals surface area contributed by atoms with Gasteiger partial charge in [0.25, 0.3) is 5.60 Å². The number of methoxy groups -OCH3 is 2. The number of aliphatic hydroxyl groups is 1. The van der Waals surface area contributed by atoms with Gasteiger partial charge in [0.05, 0.1) is 14.2 Å². The van der Waals surface area contributed by atoms with E-state index in [-0.39, 0.29) is 11.3 Å². The molecule has 2 atom stereocenters. The molecule has 26 heavy (non-hydrogen) atoms. The molecular weight excluding hydrogens is 344 g/mol. The lowest BCUT2D eigenvalue weighted by molar-refractivity contribution is -0.180. The Balaban J connectivity index is 2.57. The summed E-state index contributed by atoms with van der Waals surface area (Å²) >= 11 is 0. The molecule has 0 saturated heterocycles. The number of carboxylic acid groups (broad SMARTS) is 2. The Kier molecular flexibility index (Phi) is 5.68. The van der Waals surface area contributed by atoms with E-state index >= 15 is 0 Å². The van der Waals surface area contributed by atoms with Gasteiger partial charge < -0.3 is 29.5 Å². The minimum atomic E-state index is -2.56. The van der Waals surface area contributed by atoms with Gasteiger partial charge in [-0.2, -0.15) is 0 Å². The highest BCUT2D eigenvalue weighted by molar-refractivity contribution is 5.89. The summed E-state index contributed by atoms with van der Waals surface area (Å²) in [6.45, 7) is 0. The van der Waals surface area contributed by atoms with Crippen molar-refractivity contribution in [2.75, 3.05) is 14.2 Å². The number of aliphatic carboxylic acids is 2. The molecule has 138 valence electrons. The first kappa shape index (κ1) is 19.1. The van der Waals surface area contributed by atoms with Gasteiger partial charge >= 0.3 is 11.9 Å². The molecule has 0 aliphatic carbocycles. The fourth-order valence-electron chi connectivity index (χ4n) is 2.40. The number of benzene rings is 2. The molecule has 3 N–H and O–H groups in total. The van der Waals surface area contributed by atoms with Gasteiger partial charge in [0.2, 0.25) is 6.10 Å². The third-order valence-corrected chi connectivity index (χ3v) is 3.79. The molecule has 2 aromatic carbocycles. The first-order valence-corrected chi connectivity index (χ1v) is 7.47. The maximum Gasteiger partial charge on any atom is 0.356 e. The predicted molar refractivity (Wildman–Crippen MR) is 89.6 cm³/mol. The zero-order valence-electron chi connectivity index (χ0n) is 14.1. The summed E-state index contributed by atoms with van der Waals surface area (Å²) in [4.78, 5) is 23.4. The van der Waals surface area contributed by atoms with Crippen LogP contribution in [0.1, 0.15) is 5.56 Å². The lowest BCUT2D eigenvalue weighted by atomic mass is 9.87. The summed E-state index contributed by atoms with van der Waals surface area (Å²) in [5.41, 5.74) is -2.62. The van der Waals surface area contributed by atoms with Crippen molar-refractivity contribution < 1.29 is 39.1 Å². The minimum Gasteiger partial charge on any atom is -0.497 e. The van der Waals surface area contributed by atoms with Crippen LogP contribution in [0.3, 0.4) is 0 Å². The van der Waals surface area contributed by atoms with Crippen LogP contribution < -0.4 is 14.2 Å². The molecule has 0 bridgehead atoms. The summed E-state index contributed by atoms with van der Waals surface area (Å²) in [5, 5.41) is 29.2. The smallest absolute Gasteiger partial charge is 0.356 e. The zero-order valence-corrected chi connectivity index (χ0v) is 14.1. The van der Waals surface area contributed by atoms with E-state index in [1.165, 1.54) is 62.8 Å². The largest absolute Gasteiger partial charge is 0.497 e. The molecule has 0 spiro atoms. The normalized spacial score (nSPS) is 14.0. The van der Waals surface area contributed by atoms with Crippen molar-refractivity contribution in [3.05, 3.63) is 54.1 Å². The Hall–Kier alpha value is -3.26. The molecule has 8 heteroatoms. The van der Waals surface area contributed by atoms with Crippen LogP contribution in [0.4, 0.5) is 0 Å². The third-order valence-electron chi connectivity index (χ3n) is 3.79. The number of aliphatic hydroxyl groups excluding tert-OH is 1. The molecule has 2 aromatic rings. The van der Waals surface area contributed by atoms with Gasteiger partial charge in [-0.3, -0.25) is 0 Å². The van der Waals surface area contributed by atoms with Gasteiger partial charge in [-0.1, -0.05) is 12.1 Å². The van der Waals surface area contributed by atoms with Crippen LogP contribution in [0.15, 0.2) is 48.5 Å². The van der Waals surface area contributed by atoms with Gasteiger partial charge in [-0.25, -0.2) is 9.59 Å². The number of ether oxygens (including phenoxy) is 3. The Morgan fingerprint density at radius 3 is 1.65 bits per heavy atom. The number of hydrogen-bond acceptors (Lipinski definition) is 6. The second-order valence-electron chi connectivity index (χ2n) is 5.29. The van der Waals surface area contributed by atoms with Crippen molar-refractivity contribution in [1.82, 2.24) is 0 Å². The van der Waals surface area contributed by atoms with Crippen molar-refractivity contribution >= 4 is 11.9 Å². The van der Waals surface area contributed by atoms with E-state index in [1.807, 2.05) is 0 Å². The molecule has 0 aliphatic rings. The topological polar surface area (TPSA) is 123 Å². The number of carbonyl (C=O) groups is 2. The summed E-state index contributed by atoms with van der Waals surface area (Å²) in [6, 6.07) is 11.4. The van der Waals surface area contributed by atoms with Crippen LogP contribution in [0.25, 0.3) is 0 Å². The highest BCUT2D eigenvalue weighted by Crippen LogP contribution is 2.34. The van der Waals surface area contributed by atoms with E-state index in [9.17, 15) is 24.9 Å². The second-order valence-corrected chi connectivity index (χ2v) is 5.29. The number of carboxylic acids is 2. The zero-order chi connectivity index (χ0) is 19.3.